The summed E-state index contributed by atoms with van der Waals surface area (Å²) in [6.07, 6.45) is 17.5. The number of nitrogens with zero attached hydrogens (tertiary/aromatic N) is 6. The van der Waals surface area contributed by atoms with Crippen molar-refractivity contribution in [3.05, 3.63) is 312 Å². The minimum Gasteiger partial charge on any atom is -0.507 e. The molecule has 1 unspecified atom stereocenters. The molecule has 0 radical (unpaired) electrons. The maximum absolute atomic E-state index is 11.3. The van der Waals surface area contributed by atoms with Gasteiger partial charge in [0.1, 0.15) is 95.8 Å². The van der Waals surface area contributed by atoms with Crippen LogP contribution in [0, 0.1) is 20.8 Å². The SMILES string of the molecule is C=Cc1c(O)cccc1OCc1cccnc1-c1ccccc1OC.C=Cc1c(O)cccc1OCc1cccnc1-c1cccnc1OC.COc1cccc(N2CCCC(Oc3cccc(C)c3C=O)C2)c1.COc1cccc(N2CCC[C@H]2COc2cccc(C)c2C=O)c1.COc1cccc(N2CCC[C@H]2COc2cccc(C)c2C=O)c1. The van der Waals surface area contributed by atoms with Crippen molar-refractivity contribution in [1.82, 2.24) is 15.0 Å². The van der Waals surface area contributed by atoms with Gasteiger partial charge in [-0.2, -0.15) is 0 Å². The van der Waals surface area contributed by atoms with Gasteiger partial charge in [-0.05, 0) is 191 Å². The molecule has 15 rings (SSSR count). The van der Waals surface area contributed by atoms with Crippen molar-refractivity contribution >= 4 is 48.1 Å². The molecule has 21 nitrogen and oxygen atoms in total. The second-order valence-electron chi connectivity index (χ2n) is 29.0. The summed E-state index contributed by atoms with van der Waals surface area (Å²) in [6, 6.07) is 71.5. The molecular formula is C101H106N6O15. The molecule has 2 N–H and O–H groups in total. The highest BCUT2D eigenvalue weighted by molar-refractivity contribution is 5.83. The Kier molecular flexibility index (Phi) is 32.9. The summed E-state index contributed by atoms with van der Waals surface area (Å²) in [5, 5.41) is 19.8. The van der Waals surface area contributed by atoms with Gasteiger partial charge in [-0.3, -0.25) is 24.4 Å². The Morgan fingerprint density at radius 1 is 0.393 bits per heavy atom. The Morgan fingerprint density at radius 3 is 1.27 bits per heavy atom. The number of piperidine rings is 1. The molecule has 0 spiro atoms. The second kappa shape index (κ2) is 45.2. The third-order valence-corrected chi connectivity index (χ3v) is 21.3. The minimum atomic E-state index is 0.0745. The highest BCUT2D eigenvalue weighted by Crippen LogP contribution is 2.38. The Balaban J connectivity index is 0.000000149. The van der Waals surface area contributed by atoms with E-state index in [9.17, 15) is 24.6 Å². The molecule has 21 heteroatoms. The number of aromatic hydroxyl groups is 2. The number of carbonyl (C=O) groups excluding carboxylic acids is 3. The number of hydrogen-bond donors (Lipinski definition) is 2. The van der Waals surface area contributed by atoms with Crippen LogP contribution in [0.4, 0.5) is 17.1 Å². The Labute approximate surface area is 715 Å². The van der Waals surface area contributed by atoms with Gasteiger partial charge in [0.05, 0.1) is 98.9 Å². The van der Waals surface area contributed by atoms with Crippen LogP contribution in [0.3, 0.4) is 0 Å². The van der Waals surface area contributed by atoms with E-state index < -0.39 is 0 Å². The van der Waals surface area contributed by atoms with Gasteiger partial charge < -0.3 is 72.3 Å². The van der Waals surface area contributed by atoms with Crippen molar-refractivity contribution in [2.24, 2.45) is 0 Å². The number of anilines is 3. The first-order chi connectivity index (χ1) is 59.6. The summed E-state index contributed by atoms with van der Waals surface area (Å²) in [4.78, 5) is 54.2. The van der Waals surface area contributed by atoms with Crippen molar-refractivity contribution in [2.45, 2.75) is 90.7 Å². The zero-order valence-electron chi connectivity index (χ0n) is 70.4. The monoisotopic (exact) mass is 1640 g/mol. The standard InChI is InChI=1S/C21H19NO3.C20H18N2O3.3C20H23NO3/c1-3-16-18(23)10-6-12-20(16)25-14-15-8-7-13-22-21(15)17-9-4-5-11-19(17)24-2;1-3-15-17(23)9-4-10-18(15)25-13-14-7-5-11-21-19(14)16-8-6-12-22-20(16)24-2;2*1-15-6-3-10-20(19(15)13-22)24-14-17-8-5-11-21(17)16-7-4-9-18(12-16)23-2;1-15-6-3-10-20(19(15)14-22)24-18-9-5-11-21(13-18)16-7-4-8-17(12-16)23-2/h3-13,23H,1,14H2,2H3;3-12,23H,1,13H2,2H3;2*3-4,6-7,9-10,12-13,17H,5,8,11,14H2,1-2H3;3-4,6-8,10,12,14,18H,5,9,11,13H2,1-2H3/t;;2*17-;/m..00./s1. The molecular weight excluding hydrogens is 1540 g/mol. The largest absolute Gasteiger partial charge is 0.507 e. The molecule has 3 aliphatic heterocycles. The zero-order valence-corrected chi connectivity index (χ0v) is 70.4. The number of ether oxygens (including phenoxy) is 10. The van der Waals surface area contributed by atoms with Gasteiger partial charge in [0.2, 0.25) is 5.88 Å². The lowest BCUT2D eigenvalue weighted by Gasteiger charge is -2.34. The predicted molar refractivity (Wildman–Crippen MR) is 482 cm³/mol. The normalized spacial score (nSPS) is 14.3. The molecule has 3 atom stereocenters. The predicted octanol–water partition coefficient (Wildman–Crippen LogP) is 20.4. The summed E-state index contributed by atoms with van der Waals surface area (Å²) < 4.78 is 56.7. The first kappa shape index (κ1) is 88.7. The number of aromatic nitrogens is 3. The summed E-state index contributed by atoms with van der Waals surface area (Å²) in [7, 11) is 8.26. The second-order valence-corrected chi connectivity index (χ2v) is 29.0. The Bertz CT molecular complexity index is 5200. The molecule has 0 aliphatic carbocycles. The molecule has 122 heavy (non-hydrogen) atoms. The van der Waals surface area contributed by atoms with E-state index in [1.165, 1.54) is 0 Å². The van der Waals surface area contributed by atoms with Gasteiger partial charge in [0, 0.05) is 90.2 Å². The first-order valence-electron chi connectivity index (χ1n) is 40.6. The molecule has 12 aromatic rings. The van der Waals surface area contributed by atoms with Crippen molar-refractivity contribution in [3.63, 3.8) is 0 Å². The lowest BCUT2D eigenvalue weighted by molar-refractivity contribution is 0.110. The van der Waals surface area contributed by atoms with E-state index in [1.54, 1.807) is 103 Å². The number of aryl methyl sites for hydroxylation is 3. The third kappa shape index (κ3) is 23.3. The van der Waals surface area contributed by atoms with Crippen LogP contribution in [0.15, 0.2) is 256 Å². The molecule has 0 bridgehead atoms. The van der Waals surface area contributed by atoms with Crippen LogP contribution in [0.5, 0.6) is 69.1 Å². The average molecular weight is 1640 g/mol. The quantitative estimate of drug-likeness (QED) is 0.0415. The number of hydrogen-bond acceptors (Lipinski definition) is 21. The average Bonchev–Trinajstić information content (AvgIpc) is 1.40. The summed E-state index contributed by atoms with van der Waals surface area (Å²) >= 11 is 0. The number of rotatable bonds is 29. The number of para-hydroxylation sites is 1. The summed E-state index contributed by atoms with van der Waals surface area (Å²) in [5.74, 6) is 7.27. The number of methoxy groups -OCH3 is 5. The van der Waals surface area contributed by atoms with Crippen LogP contribution in [0.25, 0.3) is 34.7 Å². The van der Waals surface area contributed by atoms with E-state index in [2.05, 4.69) is 73.1 Å². The van der Waals surface area contributed by atoms with Crippen molar-refractivity contribution in [2.75, 3.05) is 89.6 Å². The fraction of sp³-hybridized carbons (Fsp3) is 0.248. The zero-order chi connectivity index (χ0) is 86.1. The number of phenolic OH excluding ortho intramolecular Hbond substituents is 2. The molecule has 3 saturated heterocycles. The molecule has 6 heterocycles. The topological polar surface area (TPSA) is 232 Å². The molecule has 3 aliphatic rings. The fourth-order valence-corrected chi connectivity index (χ4v) is 14.9. The van der Waals surface area contributed by atoms with Crippen LogP contribution in [-0.2, 0) is 13.2 Å². The highest BCUT2D eigenvalue weighted by Gasteiger charge is 2.29. The van der Waals surface area contributed by atoms with E-state index in [-0.39, 0.29) is 24.2 Å². The van der Waals surface area contributed by atoms with Crippen LogP contribution >= 0.6 is 0 Å². The molecule has 0 amide bonds. The van der Waals surface area contributed by atoms with Crippen molar-refractivity contribution in [1.29, 1.82) is 0 Å². The van der Waals surface area contributed by atoms with E-state index in [0.717, 1.165) is 174 Å². The molecule has 9 aromatic carbocycles. The molecule has 630 valence electrons. The fourth-order valence-electron chi connectivity index (χ4n) is 14.9. The Morgan fingerprint density at radius 2 is 0.795 bits per heavy atom. The van der Waals surface area contributed by atoms with Gasteiger partial charge in [0.25, 0.3) is 0 Å². The van der Waals surface area contributed by atoms with Gasteiger partial charge in [-0.15, -0.1) is 0 Å². The highest BCUT2D eigenvalue weighted by atomic mass is 16.5. The summed E-state index contributed by atoms with van der Waals surface area (Å²) in [6.45, 7) is 18.8. The van der Waals surface area contributed by atoms with Gasteiger partial charge in [-0.25, -0.2) is 4.98 Å². The molecule has 0 saturated carbocycles. The summed E-state index contributed by atoms with van der Waals surface area (Å²) in [5.41, 5.74) is 14.4. The number of pyridine rings is 3. The van der Waals surface area contributed by atoms with E-state index in [0.29, 0.717) is 94.3 Å². The van der Waals surface area contributed by atoms with Crippen LogP contribution in [0.2, 0.25) is 0 Å². The van der Waals surface area contributed by atoms with Crippen molar-refractivity contribution in [3.8, 4) is 91.6 Å². The van der Waals surface area contributed by atoms with Crippen LogP contribution in [0.1, 0.15) is 109 Å². The number of benzene rings is 9. The first-order valence-corrected chi connectivity index (χ1v) is 40.6. The van der Waals surface area contributed by atoms with Crippen molar-refractivity contribution < 1.29 is 72.0 Å². The number of phenols is 2. The van der Waals surface area contributed by atoms with Gasteiger partial charge >= 0.3 is 0 Å². The maximum atomic E-state index is 11.3. The number of aldehydes is 3. The molecule has 3 fully saturated rings. The smallest absolute Gasteiger partial charge is 0.222 e. The lowest BCUT2D eigenvalue weighted by Crippen LogP contribution is -2.41. The van der Waals surface area contributed by atoms with E-state index in [1.807, 2.05) is 178 Å². The lowest BCUT2D eigenvalue weighted by atomic mass is 10.1. The minimum absolute atomic E-state index is 0.0745. The van der Waals surface area contributed by atoms with Crippen LogP contribution in [-0.4, -0.2) is 137 Å². The number of carbonyl (C=O) groups is 3. The van der Waals surface area contributed by atoms with E-state index >= 15 is 0 Å². The van der Waals surface area contributed by atoms with Gasteiger partial charge in [-0.1, -0.05) is 116 Å². The van der Waals surface area contributed by atoms with Gasteiger partial charge in [0.15, 0.2) is 18.9 Å². The maximum Gasteiger partial charge on any atom is 0.222 e. The third-order valence-electron chi connectivity index (χ3n) is 21.3. The van der Waals surface area contributed by atoms with E-state index in [4.69, 9.17) is 47.4 Å². The van der Waals surface area contributed by atoms with Crippen LogP contribution < -0.4 is 62.1 Å². The molecule has 3 aromatic heterocycles. The Hall–Kier alpha value is -14.1.